The van der Waals surface area contributed by atoms with Crippen molar-refractivity contribution in [3.63, 3.8) is 0 Å². The zero-order chi connectivity index (χ0) is 9.26. The Balaban J connectivity index is 2.22. The van der Waals surface area contributed by atoms with Gasteiger partial charge in [0.2, 0.25) is 0 Å². The molecule has 0 N–H and O–H groups in total. The third-order valence-electron chi connectivity index (χ3n) is 2.49. The van der Waals surface area contributed by atoms with E-state index in [-0.39, 0.29) is 0 Å². The lowest BCUT2D eigenvalue weighted by Gasteiger charge is -2.26. The molecule has 0 bridgehead atoms. The Morgan fingerprint density at radius 2 is 2.46 bits per heavy atom. The Kier molecular flexibility index (Phi) is 2.36. The summed E-state index contributed by atoms with van der Waals surface area (Å²) >= 11 is 3.48. The molecule has 0 aliphatic heterocycles. The fourth-order valence-electron chi connectivity index (χ4n) is 1.47. The van der Waals surface area contributed by atoms with Crippen molar-refractivity contribution in [2.24, 2.45) is 0 Å². The highest BCUT2D eigenvalue weighted by molar-refractivity contribution is 9.10. The van der Waals surface area contributed by atoms with Crippen LogP contribution in [0.3, 0.4) is 0 Å². The Hall–Kier alpha value is -0.820. The first kappa shape index (κ1) is 8.76. The average Bonchev–Trinajstić information content (AvgIpc) is 2.34. The number of nitrogens with zero attached hydrogens (tertiary/aromatic N) is 3. The van der Waals surface area contributed by atoms with Gasteiger partial charge in [-0.2, -0.15) is 10.4 Å². The summed E-state index contributed by atoms with van der Waals surface area (Å²) in [6.07, 6.45) is 5.95. The summed E-state index contributed by atoms with van der Waals surface area (Å²) in [5.41, 5.74) is 0.995. The smallest absolute Gasteiger partial charge is 0.108 e. The maximum Gasteiger partial charge on any atom is 0.108 e. The summed E-state index contributed by atoms with van der Waals surface area (Å²) < 4.78 is 2.98. The molecule has 0 unspecified atom stereocenters. The molecule has 2 rings (SSSR count). The van der Waals surface area contributed by atoms with Crippen molar-refractivity contribution >= 4 is 15.9 Å². The molecule has 68 valence electrons. The molecule has 1 aromatic heterocycles. The van der Waals surface area contributed by atoms with Crippen molar-refractivity contribution in [2.45, 2.75) is 31.7 Å². The molecule has 0 atom stereocenters. The first-order valence-corrected chi connectivity index (χ1v) is 5.21. The molecule has 13 heavy (non-hydrogen) atoms. The maximum atomic E-state index is 8.56. The van der Waals surface area contributed by atoms with E-state index in [4.69, 9.17) is 5.26 Å². The average molecular weight is 240 g/mol. The molecule has 1 aliphatic carbocycles. The van der Waals surface area contributed by atoms with Crippen LogP contribution < -0.4 is 0 Å². The Morgan fingerprint density at radius 3 is 3.00 bits per heavy atom. The van der Waals surface area contributed by atoms with Gasteiger partial charge in [0.1, 0.15) is 4.60 Å². The van der Waals surface area contributed by atoms with Crippen molar-refractivity contribution in [3.8, 4) is 6.07 Å². The van der Waals surface area contributed by atoms with E-state index >= 15 is 0 Å². The summed E-state index contributed by atoms with van der Waals surface area (Å²) in [6, 6.07) is 2.69. The number of rotatable bonds is 2. The molecule has 0 spiro atoms. The minimum absolute atomic E-state index is 0.438. The number of hydrogen-bond acceptors (Lipinski definition) is 2. The van der Waals surface area contributed by atoms with E-state index in [1.807, 2.05) is 4.68 Å². The Morgan fingerprint density at radius 1 is 1.69 bits per heavy atom. The monoisotopic (exact) mass is 239 g/mol. The number of halogens is 1. The van der Waals surface area contributed by atoms with Gasteiger partial charge in [0, 0.05) is 5.56 Å². The van der Waals surface area contributed by atoms with Crippen LogP contribution in [0.5, 0.6) is 0 Å². The van der Waals surface area contributed by atoms with Crippen LogP contribution in [-0.2, 0) is 6.42 Å². The van der Waals surface area contributed by atoms with Crippen molar-refractivity contribution < 1.29 is 0 Å². The number of hydrogen-bond donors (Lipinski definition) is 0. The lowest BCUT2D eigenvalue weighted by Crippen LogP contribution is -2.18. The van der Waals surface area contributed by atoms with Crippen LogP contribution in [0.1, 0.15) is 30.9 Å². The van der Waals surface area contributed by atoms with E-state index in [1.165, 1.54) is 19.3 Å². The second kappa shape index (κ2) is 3.51. The summed E-state index contributed by atoms with van der Waals surface area (Å²) in [5, 5.41) is 12.8. The van der Waals surface area contributed by atoms with Crippen molar-refractivity contribution in [1.29, 1.82) is 5.26 Å². The molecule has 1 saturated carbocycles. The van der Waals surface area contributed by atoms with Gasteiger partial charge in [-0.15, -0.1) is 0 Å². The van der Waals surface area contributed by atoms with Crippen LogP contribution in [-0.4, -0.2) is 9.78 Å². The van der Waals surface area contributed by atoms with Crippen LogP contribution in [0.15, 0.2) is 10.8 Å². The van der Waals surface area contributed by atoms with Gasteiger partial charge in [-0.05, 0) is 35.2 Å². The molecular weight excluding hydrogens is 230 g/mol. The minimum Gasteiger partial charge on any atom is -0.255 e. The van der Waals surface area contributed by atoms with Crippen LogP contribution in [0.4, 0.5) is 0 Å². The predicted octanol–water partition coefficient (Wildman–Crippen LogP) is 2.44. The van der Waals surface area contributed by atoms with E-state index in [0.29, 0.717) is 12.5 Å². The van der Waals surface area contributed by atoms with Crippen LogP contribution >= 0.6 is 15.9 Å². The molecule has 1 fully saturated rings. The number of nitriles is 1. The fourth-order valence-corrected chi connectivity index (χ4v) is 2.10. The SMILES string of the molecule is N#CCc1cnn(C2CCC2)c1Br. The van der Waals surface area contributed by atoms with Crippen LogP contribution in [0.2, 0.25) is 0 Å². The molecule has 4 heteroatoms. The molecule has 1 heterocycles. The molecular formula is C9H10BrN3. The van der Waals surface area contributed by atoms with Gasteiger partial charge < -0.3 is 0 Å². The highest BCUT2D eigenvalue weighted by Crippen LogP contribution is 2.34. The summed E-state index contributed by atoms with van der Waals surface area (Å²) in [6.45, 7) is 0. The third kappa shape index (κ3) is 1.49. The first-order valence-electron chi connectivity index (χ1n) is 4.41. The largest absolute Gasteiger partial charge is 0.255 e. The highest BCUT2D eigenvalue weighted by Gasteiger charge is 2.22. The van der Waals surface area contributed by atoms with Gasteiger partial charge in [-0.3, -0.25) is 4.68 Å². The van der Waals surface area contributed by atoms with Gasteiger partial charge >= 0.3 is 0 Å². The van der Waals surface area contributed by atoms with Crippen LogP contribution in [0.25, 0.3) is 0 Å². The van der Waals surface area contributed by atoms with E-state index in [0.717, 1.165) is 10.2 Å². The lowest BCUT2D eigenvalue weighted by molar-refractivity contribution is 0.285. The standard InChI is InChI=1S/C9H10BrN3/c10-9-7(4-5-11)6-12-13(9)8-2-1-3-8/h6,8H,1-4H2. The second-order valence-electron chi connectivity index (χ2n) is 3.32. The van der Waals surface area contributed by atoms with Crippen LogP contribution in [0, 0.1) is 11.3 Å². The third-order valence-corrected chi connectivity index (χ3v) is 3.37. The molecule has 1 aromatic rings. The fraction of sp³-hybridized carbons (Fsp3) is 0.556. The summed E-state index contributed by atoms with van der Waals surface area (Å²) in [5.74, 6) is 0. The summed E-state index contributed by atoms with van der Waals surface area (Å²) in [7, 11) is 0. The van der Waals surface area contributed by atoms with Crippen molar-refractivity contribution in [1.82, 2.24) is 9.78 Å². The molecule has 3 nitrogen and oxygen atoms in total. The van der Waals surface area contributed by atoms with E-state index in [1.54, 1.807) is 6.20 Å². The molecule has 0 saturated heterocycles. The van der Waals surface area contributed by atoms with Crippen molar-refractivity contribution in [3.05, 3.63) is 16.4 Å². The Labute approximate surface area is 85.5 Å². The van der Waals surface area contributed by atoms with Gasteiger partial charge in [-0.25, -0.2) is 0 Å². The maximum absolute atomic E-state index is 8.56. The van der Waals surface area contributed by atoms with Gasteiger partial charge in [0.25, 0.3) is 0 Å². The van der Waals surface area contributed by atoms with E-state index < -0.39 is 0 Å². The molecule has 0 amide bonds. The molecule has 0 aromatic carbocycles. The zero-order valence-corrected chi connectivity index (χ0v) is 8.79. The van der Waals surface area contributed by atoms with Crippen molar-refractivity contribution in [2.75, 3.05) is 0 Å². The predicted molar refractivity (Wildman–Crippen MR) is 52.1 cm³/mol. The topological polar surface area (TPSA) is 41.6 Å². The van der Waals surface area contributed by atoms with Gasteiger partial charge in [0.15, 0.2) is 0 Å². The van der Waals surface area contributed by atoms with E-state index in [9.17, 15) is 0 Å². The second-order valence-corrected chi connectivity index (χ2v) is 4.08. The summed E-state index contributed by atoms with van der Waals surface area (Å²) in [4.78, 5) is 0. The zero-order valence-electron chi connectivity index (χ0n) is 7.20. The van der Waals surface area contributed by atoms with Gasteiger partial charge in [0.05, 0.1) is 24.7 Å². The molecule has 0 radical (unpaired) electrons. The Bertz CT molecular complexity index is 346. The number of aromatic nitrogens is 2. The lowest BCUT2D eigenvalue weighted by atomic mass is 9.93. The normalized spacial score (nSPS) is 16.6. The van der Waals surface area contributed by atoms with E-state index in [2.05, 4.69) is 27.1 Å². The molecule has 1 aliphatic rings. The van der Waals surface area contributed by atoms with Gasteiger partial charge in [-0.1, -0.05) is 0 Å². The minimum atomic E-state index is 0.438. The highest BCUT2D eigenvalue weighted by atomic mass is 79.9. The quantitative estimate of drug-likeness (QED) is 0.796. The first-order chi connectivity index (χ1) is 6.33.